The van der Waals surface area contributed by atoms with Crippen LogP contribution in [0.2, 0.25) is 0 Å². The number of hydrogen-bond donors (Lipinski definition) is 0. The molecule has 0 N–H and O–H groups in total. The first-order chi connectivity index (χ1) is 5.04. The van der Waals surface area contributed by atoms with Gasteiger partial charge in [0, 0.05) is 0 Å². The zero-order valence-electron chi connectivity index (χ0n) is 9.00. The molecule has 0 aliphatic rings. The van der Waals surface area contributed by atoms with E-state index < -0.39 is 0 Å². The van der Waals surface area contributed by atoms with Gasteiger partial charge >= 0.3 is 18.9 Å². The van der Waals surface area contributed by atoms with Gasteiger partial charge in [-0.2, -0.15) is 33.9 Å². The maximum Gasteiger partial charge on any atom is 1.00 e. The van der Waals surface area contributed by atoms with Crippen LogP contribution >= 0.6 is 0 Å². The van der Waals surface area contributed by atoms with Gasteiger partial charge in [-0.15, -0.1) is 0 Å². The molecule has 0 spiro atoms. The minimum atomic E-state index is 0. The molecule has 0 aromatic heterocycles. The second-order valence-electron chi connectivity index (χ2n) is 3.25. The average molecular weight is 154 g/mol. The van der Waals surface area contributed by atoms with Crippen molar-refractivity contribution in [3.05, 3.63) is 33.9 Å². The molecule has 0 aliphatic carbocycles. The summed E-state index contributed by atoms with van der Waals surface area (Å²) >= 11 is 0. The Morgan fingerprint density at radius 1 is 0.667 bits per heavy atom. The van der Waals surface area contributed by atoms with E-state index in [1.165, 1.54) is 27.8 Å². The van der Waals surface area contributed by atoms with Gasteiger partial charge < -0.3 is 0 Å². The smallest absolute Gasteiger partial charge is 0.177 e. The van der Waals surface area contributed by atoms with Crippen LogP contribution in [0.25, 0.3) is 0 Å². The van der Waals surface area contributed by atoms with Crippen LogP contribution in [-0.2, 0) is 0 Å². The molecular formula is C11H15Li. The Hall–Kier alpha value is -0.183. The van der Waals surface area contributed by atoms with E-state index in [2.05, 4.69) is 40.7 Å². The molecule has 0 aliphatic heterocycles. The summed E-state index contributed by atoms with van der Waals surface area (Å²) in [6.45, 7) is 10.7. The Kier molecular flexibility index (Phi) is 4.10. The summed E-state index contributed by atoms with van der Waals surface area (Å²) in [5.74, 6) is 0. The SMILES string of the molecule is Cc1[c-]c(C)c(C)c(C)c1C.[Li+]. The monoisotopic (exact) mass is 154 g/mol. The maximum atomic E-state index is 3.35. The number of aryl methyl sites for hydroxylation is 2. The molecule has 0 amide bonds. The first-order valence-electron chi connectivity index (χ1n) is 4.00. The van der Waals surface area contributed by atoms with Crippen LogP contribution in [0.5, 0.6) is 0 Å². The van der Waals surface area contributed by atoms with E-state index in [0.717, 1.165) is 0 Å². The van der Waals surface area contributed by atoms with Crippen molar-refractivity contribution in [3.8, 4) is 0 Å². The van der Waals surface area contributed by atoms with Gasteiger partial charge in [0.1, 0.15) is 0 Å². The molecule has 0 saturated carbocycles. The summed E-state index contributed by atoms with van der Waals surface area (Å²) in [5, 5.41) is 0. The van der Waals surface area contributed by atoms with E-state index in [-0.39, 0.29) is 18.9 Å². The fourth-order valence-corrected chi connectivity index (χ4v) is 1.31. The first-order valence-corrected chi connectivity index (χ1v) is 4.00. The number of hydrogen-bond acceptors (Lipinski definition) is 0. The van der Waals surface area contributed by atoms with Crippen LogP contribution in [0, 0.1) is 40.7 Å². The molecule has 0 atom stereocenters. The molecule has 1 aromatic carbocycles. The summed E-state index contributed by atoms with van der Waals surface area (Å²) in [7, 11) is 0. The van der Waals surface area contributed by atoms with Crippen LogP contribution in [0.4, 0.5) is 0 Å². The van der Waals surface area contributed by atoms with E-state index in [9.17, 15) is 0 Å². The van der Waals surface area contributed by atoms with Gasteiger partial charge in [-0.05, 0) is 0 Å². The molecule has 0 bridgehead atoms. The first kappa shape index (κ1) is 11.8. The quantitative estimate of drug-likeness (QED) is 0.365. The maximum absolute atomic E-state index is 3.35. The molecule has 0 unspecified atom stereocenters. The molecule has 12 heavy (non-hydrogen) atoms. The third-order valence-electron chi connectivity index (χ3n) is 2.62. The van der Waals surface area contributed by atoms with Crippen LogP contribution in [-0.4, -0.2) is 0 Å². The topological polar surface area (TPSA) is 0 Å². The molecule has 0 radical (unpaired) electrons. The van der Waals surface area contributed by atoms with Crippen molar-refractivity contribution in [3.63, 3.8) is 0 Å². The third kappa shape index (κ3) is 1.94. The fourth-order valence-electron chi connectivity index (χ4n) is 1.31. The van der Waals surface area contributed by atoms with E-state index in [1.54, 1.807) is 0 Å². The van der Waals surface area contributed by atoms with Crippen molar-refractivity contribution < 1.29 is 18.9 Å². The molecule has 1 rings (SSSR count). The van der Waals surface area contributed by atoms with Gasteiger partial charge in [-0.25, -0.2) is 0 Å². The second kappa shape index (κ2) is 4.17. The third-order valence-corrected chi connectivity index (χ3v) is 2.62. The van der Waals surface area contributed by atoms with Gasteiger partial charge in [0.15, 0.2) is 0 Å². The normalized spacial score (nSPS) is 9.42. The van der Waals surface area contributed by atoms with Crippen molar-refractivity contribution in [1.29, 1.82) is 0 Å². The number of benzene rings is 1. The van der Waals surface area contributed by atoms with Crippen LogP contribution in [0.1, 0.15) is 27.8 Å². The van der Waals surface area contributed by atoms with Crippen molar-refractivity contribution >= 4 is 0 Å². The van der Waals surface area contributed by atoms with E-state index >= 15 is 0 Å². The standard InChI is InChI=1S/C11H15.Li/c1-7-6-8(2)10(4)11(5)9(7)3;/h1-5H3;/q-1;+1. The van der Waals surface area contributed by atoms with Crippen molar-refractivity contribution in [2.45, 2.75) is 34.6 Å². The molecule has 1 aromatic rings. The van der Waals surface area contributed by atoms with Crippen LogP contribution < -0.4 is 18.9 Å². The van der Waals surface area contributed by atoms with Crippen molar-refractivity contribution in [2.75, 3.05) is 0 Å². The Morgan fingerprint density at radius 3 is 1.33 bits per heavy atom. The summed E-state index contributed by atoms with van der Waals surface area (Å²) < 4.78 is 0. The summed E-state index contributed by atoms with van der Waals surface area (Å²) in [6, 6.07) is 3.35. The molecule has 60 valence electrons. The Balaban J connectivity index is 0.00000121. The van der Waals surface area contributed by atoms with Gasteiger partial charge in [0.25, 0.3) is 0 Å². The van der Waals surface area contributed by atoms with Gasteiger partial charge in [-0.1, -0.05) is 34.6 Å². The van der Waals surface area contributed by atoms with Gasteiger partial charge in [0.2, 0.25) is 0 Å². The largest absolute Gasteiger partial charge is 1.00 e. The second-order valence-corrected chi connectivity index (χ2v) is 3.25. The summed E-state index contributed by atoms with van der Waals surface area (Å²) in [5.41, 5.74) is 6.75. The fraction of sp³-hybridized carbons (Fsp3) is 0.455. The zero-order chi connectivity index (χ0) is 8.59. The molecule has 1 heteroatoms. The summed E-state index contributed by atoms with van der Waals surface area (Å²) in [6.07, 6.45) is 0. The van der Waals surface area contributed by atoms with E-state index in [1.807, 2.05) is 0 Å². The molecule has 0 nitrogen and oxygen atoms in total. The van der Waals surface area contributed by atoms with Crippen molar-refractivity contribution in [2.24, 2.45) is 0 Å². The minimum absolute atomic E-state index is 0. The van der Waals surface area contributed by atoms with Gasteiger partial charge in [-0.3, -0.25) is 0 Å². The Labute approximate surface area is 87.6 Å². The predicted octanol–water partition coefficient (Wildman–Crippen LogP) is 0.0329. The molecular weight excluding hydrogens is 139 g/mol. The Bertz CT molecular complexity index is 261. The van der Waals surface area contributed by atoms with Crippen LogP contribution in [0.15, 0.2) is 0 Å². The molecule has 0 saturated heterocycles. The van der Waals surface area contributed by atoms with E-state index in [4.69, 9.17) is 0 Å². The predicted molar refractivity (Wildman–Crippen MR) is 49.0 cm³/mol. The van der Waals surface area contributed by atoms with Crippen LogP contribution in [0.3, 0.4) is 0 Å². The summed E-state index contributed by atoms with van der Waals surface area (Å²) in [4.78, 5) is 0. The van der Waals surface area contributed by atoms with Gasteiger partial charge in [0.05, 0.1) is 0 Å². The minimum Gasteiger partial charge on any atom is -0.177 e. The molecule has 0 heterocycles. The van der Waals surface area contributed by atoms with Crippen molar-refractivity contribution in [1.82, 2.24) is 0 Å². The van der Waals surface area contributed by atoms with E-state index in [0.29, 0.717) is 0 Å². The average Bonchev–Trinajstić information content (AvgIpc) is 1.97. The number of rotatable bonds is 0. The molecule has 0 fully saturated rings. The zero-order valence-corrected chi connectivity index (χ0v) is 9.00. The Morgan fingerprint density at radius 2 is 1.00 bits per heavy atom.